The van der Waals surface area contributed by atoms with Gasteiger partial charge in [-0.1, -0.05) is 24.3 Å². The zero-order valence-electron chi connectivity index (χ0n) is 20.1. The van der Waals surface area contributed by atoms with E-state index in [-0.39, 0.29) is 24.0 Å². The average molecular weight is 510 g/mol. The quantitative estimate of drug-likeness (QED) is 0.572. The van der Waals surface area contributed by atoms with Crippen LogP contribution in [0.1, 0.15) is 16.7 Å². The standard InChI is InChI=1S/C26H27N3O6S/c1-17-4-3-5-21(18(17)2)27-23(30)15-29-25(32)22(36-26(29)33)14-19-6-8-20(9-7-19)35-16-24(31)28-10-12-34-13-11-28/h3-9,14H,10-13,15-16H2,1-2H3,(H,27,30)/b22-14+. The molecule has 9 nitrogen and oxygen atoms in total. The fourth-order valence-corrected chi connectivity index (χ4v) is 4.56. The number of ether oxygens (including phenoxy) is 2. The van der Waals surface area contributed by atoms with Crippen LogP contribution in [0, 0.1) is 13.8 Å². The molecule has 0 saturated carbocycles. The number of rotatable bonds is 7. The highest BCUT2D eigenvalue weighted by molar-refractivity contribution is 8.18. The summed E-state index contributed by atoms with van der Waals surface area (Å²) >= 11 is 0.792. The van der Waals surface area contributed by atoms with Gasteiger partial charge in [0.15, 0.2) is 6.61 Å². The van der Waals surface area contributed by atoms with E-state index in [2.05, 4.69) is 5.32 Å². The minimum atomic E-state index is -0.516. The topological polar surface area (TPSA) is 105 Å². The summed E-state index contributed by atoms with van der Waals surface area (Å²) in [6.07, 6.45) is 1.59. The SMILES string of the molecule is Cc1cccc(NC(=O)CN2C(=O)S/C(=C/c3ccc(OCC(=O)N4CCOCC4)cc3)C2=O)c1C. The highest BCUT2D eigenvalue weighted by Gasteiger charge is 2.36. The van der Waals surface area contributed by atoms with Gasteiger partial charge in [0.25, 0.3) is 17.1 Å². The molecule has 2 aliphatic heterocycles. The lowest BCUT2D eigenvalue weighted by Gasteiger charge is -2.26. The Balaban J connectivity index is 1.33. The summed E-state index contributed by atoms with van der Waals surface area (Å²) in [5, 5.41) is 2.27. The highest BCUT2D eigenvalue weighted by Crippen LogP contribution is 2.32. The van der Waals surface area contributed by atoms with E-state index in [4.69, 9.17) is 9.47 Å². The number of thioether (sulfide) groups is 1. The van der Waals surface area contributed by atoms with Crippen molar-refractivity contribution in [3.8, 4) is 5.75 Å². The number of hydrogen-bond donors (Lipinski definition) is 1. The lowest BCUT2D eigenvalue weighted by atomic mass is 10.1. The molecule has 4 rings (SSSR count). The Morgan fingerprint density at radius 2 is 1.81 bits per heavy atom. The van der Waals surface area contributed by atoms with Crippen LogP contribution in [-0.4, -0.2) is 72.2 Å². The normalized spacial score (nSPS) is 17.0. The number of imide groups is 1. The summed E-state index contributed by atoms with van der Waals surface area (Å²) in [6.45, 7) is 5.59. The van der Waals surface area contributed by atoms with Crippen LogP contribution in [0.4, 0.5) is 10.5 Å². The monoisotopic (exact) mass is 509 g/mol. The van der Waals surface area contributed by atoms with Gasteiger partial charge < -0.3 is 19.7 Å². The third-order valence-corrected chi connectivity index (χ3v) is 6.87. The van der Waals surface area contributed by atoms with Crippen molar-refractivity contribution in [1.82, 2.24) is 9.80 Å². The van der Waals surface area contributed by atoms with E-state index in [0.717, 1.165) is 27.8 Å². The number of nitrogens with one attached hydrogen (secondary N) is 1. The van der Waals surface area contributed by atoms with Crippen LogP contribution in [-0.2, 0) is 19.1 Å². The molecular formula is C26H27N3O6S. The van der Waals surface area contributed by atoms with Crippen molar-refractivity contribution >= 4 is 46.5 Å². The number of anilines is 1. The summed E-state index contributed by atoms with van der Waals surface area (Å²) in [5.74, 6) is -0.541. The summed E-state index contributed by atoms with van der Waals surface area (Å²) in [7, 11) is 0. The number of carbonyl (C=O) groups is 4. The van der Waals surface area contributed by atoms with Crippen LogP contribution in [0.5, 0.6) is 5.75 Å². The second kappa shape index (κ2) is 11.4. The minimum Gasteiger partial charge on any atom is -0.484 e. The fraction of sp³-hybridized carbons (Fsp3) is 0.308. The minimum absolute atomic E-state index is 0.0671. The molecule has 1 N–H and O–H groups in total. The van der Waals surface area contributed by atoms with Gasteiger partial charge in [0.2, 0.25) is 5.91 Å². The largest absolute Gasteiger partial charge is 0.484 e. The first kappa shape index (κ1) is 25.5. The van der Waals surface area contributed by atoms with Crippen molar-refractivity contribution in [2.75, 3.05) is 44.8 Å². The van der Waals surface area contributed by atoms with Crippen LogP contribution < -0.4 is 10.1 Å². The molecule has 0 spiro atoms. The fourth-order valence-electron chi connectivity index (χ4n) is 3.72. The van der Waals surface area contributed by atoms with Crippen LogP contribution in [0.25, 0.3) is 6.08 Å². The van der Waals surface area contributed by atoms with Crippen molar-refractivity contribution in [2.24, 2.45) is 0 Å². The molecule has 36 heavy (non-hydrogen) atoms. The van der Waals surface area contributed by atoms with Gasteiger partial charge in [-0.15, -0.1) is 0 Å². The van der Waals surface area contributed by atoms with Gasteiger partial charge >= 0.3 is 0 Å². The molecular weight excluding hydrogens is 482 g/mol. The molecule has 188 valence electrons. The molecule has 0 bridgehead atoms. The zero-order valence-corrected chi connectivity index (χ0v) is 20.9. The Bertz CT molecular complexity index is 1200. The van der Waals surface area contributed by atoms with Gasteiger partial charge in [0, 0.05) is 18.8 Å². The van der Waals surface area contributed by atoms with Crippen molar-refractivity contribution in [2.45, 2.75) is 13.8 Å². The van der Waals surface area contributed by atoms with Gasteiger partial charge in [-0.3, -0.25) is 24.1 Å². The first-order valence-corrected chi connectivity index (χ1v) is 12.3. The number of amides is 4. The number of aryl methyl sites for hydroxylation is 1. The lowest BCUT2D eigenvalue weighted by molar-refractivity contribution is -0.137. The van der Waals surface area contributed by atoms with E-state index < -0.39 is 17.1 Å². The van der Waals surface area contributed by atoms with Gasteiger partial charge in [-0.2, -0.15) is 0 Å². The summed E-state index contributed by atoms with van der Waals surface area (Å²) in [4.78, 5) is 52.8. The predicted octanol–water partition coefficient (Wildman–Crippen LogP) is 3.22. The number of hydrogen-bond acceptors (Lipinski definition) is 7. The molecule has 2 fully saturated rings. The Morgan fingerprint density at radius 1 is 1.08 bits per heavy atom. The van der Waals surface area contributed by atoms with Gasteiger partial charge in [-0.25, -0.2) is 0 Å². The third kappa shape index (κ3) is 6.13. The maximum atomic E-state index is 12.8. The van der Waals surface area contributed by atoms with Crippen molar-refractivity contribution in [3.63, 3.8) is 0 Å². The van der Waals surface area contributed by atoms with Gasteiger partial charge in [-0.05, 0) is 66.6 Å². The first-order valence-electron chi connectivity index (χ1n) is 11.5. The molecule has 10 heteroatoms. The Hall–Kier alpha value is -3.63. The maximum absolute atomic E-state index is 12.8. The Morgan fingerprint density at radius 3 is 2.53 bits per heavy atom. The third-order valence-electron chi connectivity index (χ3n) is 5.96. The van der Waals surface area contributed by atoms with Crippen molar-refractivity contribution < 1.29 is 28.7 Å². The summed E-state index contributed by atoms with van der Waals surface area (Å²) in [6, 6.07) is 12.4. The smallest absolute Gasteiger partial charge is 0.294 e. The van der Waals surface area contributed by atoms with E-state index in [1.165, 1.54) is 0 Å². The highest BCUT2D eigenvalue weighted by atomic mass is 32.2. The molecule has 2 aromatic carbocycles. The molecule has 2 aromatic rings. The molecule has 2 heterocycles. The van der Waals surface area contributed by atoms with Crippen LogP contribution in [0.3, 0.4) is 0 Å². The molecule has 0 unspecified atom stereocenters. The first-order chi connectivity index (χ1) is 17.3. The zero-order chi connectivity index (χ0) is 25.7. The average Bonchev–Trinajstić information content (AvgIpc) is 3.14. The predicted molar refractivity (Wildman–Crippen MR) is 137 cm³/mol. The van der Waals surface area contributed by atoms with Gasteiger partial charge in [0.05, 0.1) is 18.1 Å². The van der Waals surface area contributed by atoms with Gasteiger partial charge in [0.1, 0.15) is 12.3 Å². The molecule has 0 aliphatic carbocycles. The Labute approximate surface area is 213 Å². The molecule has 0 atom stereocenters. The Kier molecular flexibility index (Phi) is 8.07. The number of nitrogens with zero attached hydrogens (tertiary/aromatic N) is 2. The number of carbonyl (C=O) groups excluding carboxylic acids is 4. The number of morpholine rings is 1. The molecule has 0 aromatic heterocycles. The van der Waals surface area contributed by atoms with Crippen LogP contribution >= 0.6 is 11.8 Å². The second-order valence-corrected chi connectivity index (χ2v) is 9.41. The van der Waals surface area contributed by atoms with Crippen molar-refractivity contribution in [1.29, 1.82) is 0 Å². The van der Waals surface area contributed by atoms with E-state index in [1.54, 1.807) is 41.3 Å². The maximum Gasteiger partial charge on any atom is 0.294 e. The lowest BCUT2D eigenvalue weighted by Crippen LogP contribution is -2.42. The van der Waals surface area contributed by atoms with Crippen molar-refractivity contribution in [3.05, 3.63) is 64.1 Å². The molecule has 0 radical (unpaired) electrons. The van der Waals surface area contributed by atoms with Crippen LogP contribution in [0.2, 0.25) is 0 Å². The summed E-state index contributed by atoms with van der Waals surface area (Å²) < 4.78 is 10.8. The van der Waals surface area contributed by atoms with E-state index in [1.807, 2.05) is 26.0 Å². The van der Waals surface area contributed by atoms with Crippen LogP contribution in [0.15, 0.2) is 47.4 Å². The van der Waals surface area contributed by atoms with E-state index in [9.17, 15) is 19.2 Å². The molecule has 2 aliphatic rings. The van der Waals surface area contributed by atoms with E-state index in [0.29, 0.717) is 43.3 Å². The van der Waals surface area contributed by atoms with E-state index >= 15 is 0 Å². The number of benzene rings is 2. The molecule has 4 amide bonds. The molecule has 2 saturated heterocycles. The summed E-state index contributed by atoms with van der Waals surface area (Å²) in [5.41, 5.74) is 3.29. The second-order valence-electron chi connectivity index (χ2n) is 8.41.